The second-order valence-corrected chi connectivity index (χ2v) is 5.95. The highest BCUT2D eigenvalue weighted by Crippen LogP contribution is 2.31. The lowest BCUT2D eigenvalue weighted by Crippen LogP contribution is -2.42. The monoisotopic (exact) mass is 353 g/mol. The van der Waals surface area contributed by atoms with Crippen LogP contribution in [0.5, 0.6) is 5.75 Å². The molecule has 26 heavy (non-hydrogen) atoms. The molecule has 1 aromatic carbocycles. The molecule has 1 unspecified atom stereocenters. The third-order valence-corrected chi connectivity index (χ3v) is 4.14. The number of aromatic nitrogens is 1. The Hall–Kier alpha value is -3.09. The van der Waals surface area contributed by atoms with Crippen molar-refractivity contribution in [3.8, 4) is 5.75 Å². The summed E-state index contributed by atoms with van der Waals surface area (Å²) in [7, 11) is 1.72. The number of fused-ring (bicyclic) bond motifs is 1. The van der Waals surface area contributed by atoms with Gasteiger partial charge in [0.05, 0.1) is 12.7 Å². The van der Waals surface area contributed by atoms with Gasteiger partial charge in [-0.25, -0.2) is 0 Å². The van der Waals surface area contributed by atoms with Crippen molar-refractivity contribution in [2.45, 2.75) is 12.3 Å². The van der Waals surface area contributed by atoms with Gasteiger partial charge in [0.25, 0.3) is 0 Å². The summed E-state index contributed by atoms with van der Waals surface area (Å²) in [5.74, 6) is 1.58. The Bertz CT molecular complexity index is 764. The van der Waals surface area contributed by atoms with Crippen molar-refractivity contribution in [3.63, 3.8) is 0 Å². The number of rotatable bonds is 6. The number of benzene rings is 1. The van der Waals surface area contributed by atoms with Gasteiger partial charge in [-0.05, 0) is 23.8 Å². The molecule has 0 bridgehead atoms. The molecular weight excluding hydrogens is 330 g/mol. The number of carbonyl (C=O) groups excluding carboxylic acids is 1. The molecule has 1 aromatic heterocycles. The molecule has 0 saturated carbocycles. The van der Waals surface area contributed by atoms with E-state index in [9.17, 15) is 4.79 Å². The Balaban J connectivity index is 1.46. The normalized spacial score (nSPS) is 16.4. The van der Waals surface area contributed by atoms with Crippen LogP contribution < -0.4 is 20.7 Å². The number of hydrogen-bond acceptors (Lipinski definition) is 4. The van der Waals surface area contributed by atoms with Crippen molar-refractivity contribution in [1.82, 2.24) is 15.6 Å². The van der Waals surface area contributed by atoms with E-state index in [1.165, 1.54) is 0 Å². The average molecular weight is 353 g/mol. The predicted molar refractivity (Wildman–Crippen MR) is 102 cm³/mol. The van der Waals surface area contributed by atoms with Gasteiger partial charge >= 0.3 is 0 Å². The van der Waals surface area contributed by atoms with E-state index in [1.54, 1.807) is 19.4 Å². The van der Waals surface area contributed by atoms with Gasteiger partial charge in [0.15, 0.2) is 5.96 Å². The first kappa shape index (κ1) is 17.7. The van der Waals surface area contributed by atoms with Crippen molar-refractivity contribution >= 4 is 17.6 Å². The largest absolute Gasteiger partial charge is 0.490 e. The quantitative estimate of drug-likeness (QED) is 0.418. The molecule has 0 aliphatic carbocycles. The molecular formula is C19H23N5O2. The third-order valence-electron chi connectivity index (χ3n) is 4.14. The molecule has 7 heteroatoms. The zero-order chi connectivity index (χ0) is 18.2. The molecule has 136 valence electrons. The highest BCUT2D eigenvalue weighted by Gasteiger charge is 2.24. The Morgan fingerprint density at radius 2 is 2.19 bits per heavy atom. The first-order valence-electron chi connectivity index (χ1n) is 8.62. The second-order valence-electron chi connectivity index (χ2n) is 5.95. The van der Waals surface area contributed by atoms with Crippen LogP contribution in [0, 0.1) is 0 Å². The van der Waals surface area contributed by atoms with Crippen LogP contribution in [0.15, 0.2) is 53.8 Å². The van der Waals surface area contributed by atoms with Crippen molar-refractivity contribution in [3.05, 3.63) is 54.4 Å². The van der Waals surface area contributed by atoms with Crippen LogP contribution in [0.4, 0.5) is 5.69 Å². The fraction of sp³-hybridized carbons (Fsp3) is 0.316. The van der Waals surface area contributed by atoms with Gasteiger partial charge in [0.1, 0.15) is 12.4 Å². The number of nitrogens with one attached hydrogen (secondary N) is 3. The zero-order valence-electron chi connectivity index (χ0n) is 14.7. The minimum Gasteiger partial charge on any atom is -0.490 e. The number of ether oxygens (including phenoxy) is 1. The van der Waals surface area contributed by atoms with Crippen LogP contribution in [0.3, 0.4) is 0 Å². The molecule has 2 aromatic rings. The first-order valence-corrected chi connectivity index (χ1v) is 8.62. The average Bonchev–Trinajstić information content (AvgIpc) is 2.68. The van der Waals surface area contributed by atoms with E-state index in [2.05, 4.69) is 32.0 Å². The summed E-state index contributed by atoms with van der Waals surface area (Å²) in [5.41, 5.74) is 2.04. The molecule has 0 radical (unpaired) electrons. The van der Waals surface area contributed by atoms with Crippen LogP contribution in [0.1, 0.15) is 17.9 Å². The summed E-state index contributed by atoms with van der Waals surface area (Å²) in [5, 5.41) is 9.41. The maximum atomic E-state index is 11.9. The number of anilines is 1. The van der Waals surface area contributed by atoms with E-state index in [0.29, 0.717) is 32.1 Å². The minimum atomic E-state index is 0.0447. The molecule has 0 saturated heterocycles. The Morgan fingerprint density at radius 3 is 3.00 bits per heavy atom. The van der Waals surface area contributed by atoms with Gasteiger partial charge < -0.3 is 20.7 Å². The van der Waals surface area contributed by atoms with E-state index in [0.717, 1.165) is 17.0 Å². The summed E-state index contributed by atoms with van der Waals surface area (Å²) < 4.78 is 5.60. The Labute approximate surface area is 152 Å². The molecule has 2 heterocycles. The van der Waals surface area contributed by atoms with Crippen molar-refractivity contribution < 1.29 is 9.53 Å². The summed E-state index contributed by atoms with van der Waals surface area (Å²) in [6.07, 6.45) is 3.85. The van der Waals surface area contributed by atoms with E-state index >= 15 is 0 Å². The van der Waals surface area contributed by atoms with E-state index in [1.807, 2.05) is 30.3 Å². The fourth-order valence-electron chi connectivity index (χ4n) is 2.90. The van der Waals surface area contributed by atoms with Crippen molar-refractivity contribution in [2.75, 3.05) is 32.1 Å². The number of para-hydroxylation sites is 1. The highest BCUT2D eigenvalue weighted by atomic mass is 16.5. The minimum absolute atomic E-state index is 0.0447. The van der Waals surface area contributed by atoms with Gasteiger partial charge in [0.2, 0.25) is 5.91 Å². The maximum absolute atomic E-state index is 11.9. The van der Waals surface area contributed by atoms with Crippen molar-refractivity contribution in [2.24, 2.45) is 4.99 Å². The summed E-state index contributed by atoms with van der Waals surface area (Å²) in [6.45, 7) is 1.74. The second kappa shape index (κ2) is 8.84. The van der Waals surface area contributed by atoms with E-state index in [-0.39, 0.29) is 11.8 Å². The number of amides is 1. The molecule has 1 atom stereocenters. The summed E-state index contributed by atoms with van der Waals surface area (Å²) in [6, 6.07) is 11.6. The van der Waals surface area contributed by atoms with Gasteiger partial charge in [0, 0.05) is 37.8 Å². The molecule has 7 nitrogen and oxygen atoms in total. The molecule has 0 fully saturated rings. The highest BCUT2D eigenvalue weighted by molar-refractivity contribution is 5.94. The summed E-state index contributed by atoms with van der Waals surface area (Å²) >= 11 is 0. The molecule has 0 spiro atoms. The fourth-order valence-corrected chi connectivity index (χ4v) is 2.90. The van der Waals surface area contributed by atoms with Crippen LogP contribution >= 0.6 is 0 Å². The first-order chi connectivity index (χ1) is 12.8. The third kappa shape index (κ3) is 4.72. The zero-order valence-corrected chi connectivity index (χ0v) is 14.7. The van der Waals surface area contributed by atoms with Gasteiger partial charge in [-0.3, -0.25) is 14.8 Å². The molecule has 3 N–H and O–H groups in total. The Kier molecular flexibility index (Phi) is 6.03. The van der Waals surface area contributed by atoms with Crippen LogP contribution in [0.2, 0.25) is 0 Å². The SMILES string of the molecule is CN=C(NCCOc1cccnc1)NCC1CC(=O)Nc2ccccc21. The molecule has 3 rings (SSSR count). The molecule has 1 aliphatic rings. The van der Waals surface area contributed by atoms with Gasteiger partial charge in [-0.15, -0.1) is 0 Å². The predicted octanol–water partition coefficient (Wildman–Crippen LogP) is 1.75. The topological polar surface area (TPSA) is 87.6 Å². The Morgan fingerprint density at radius 1 is 1.31 bits per heavy atom. The van der Waals surface area contributed by atoms with E-state index < -0.39 is 0 Å². The number of carbonyl (C=O) groups is 1. The van der Waals surface area contributed by atoms with E-state index in [4.69, 9.17) is 4.74 Å². The number of nitrogens with zero attached hydrogens (tertiary/aromatic N) is 2. The number of aliphatic imine (C=N–C) groups is 1. The maximum Gasteiger partial charge on any atom is 0.225 e. The summed E-state index contributed by atoms with van der Waals surface area (Å²) in [4.78, 5) is 20.1. The van der Waals surface area contributed by atoms with Crippen LogP contribution in [-0.4, -0.2) is 43.6 Å². The molecule has 1 amide bonds. The lowest BCUT2D eigenvalue weighted by atomic mass is 9.90. The number of hydrogen-bond donors (Lipinski definition) is 3. The van der Waals surface area contributed by atoms with Crippen LogP contribution in [-0.2, 0) is 4.79 Å². The lowest BCUT2D eigenvalue weighted by Gasteiger charge is -2.26. The number of guanidine groups is 1. The van der Waals surface area contributed by atoms with Crippen LogP contribution in [0.25, 0.3) is 0 Å². The number of pyridine rings is 1. The smallest absolute Gasteiger partial charge is 0.225 e. The van der Waals surface area contributed by atoms with Gasteiger partial charge in [-0.1, -0.05) is 18.2 Å². The molecule has 1 aliphatic heterocycles. The lowest BCUT2D eigenvalue weighted by molar-refractivity contribution is -0.116. The van der Waals surface area contributed by atoms with Gasteiger partial charge in [-0.2, -0.15) is 0 Å². The van der Waals surface area contributed by atoms with Crippen molar-refractivity contribution in [1.29, 1.82) is 0 Å². The standard InChI is InChI=1S/C19H23N5O2/c1-20-19(22-9-10-26-15-5-4-8-21-13-15)23-12-14-11-18(25)24-17-7-3-2-6-16(14)17/h2-8,13-14H,9-12H2,1H3,(H,24,25)(H2,20,22,23).